The predicted molar refractivity (Wildman–Crippen MR) is 309 cm³/mol. The minimum atomic E-state index is 0.416. The summed E-state index contributed by atoms with van der Waals surface area (Å²) in [5.41, 5.74) is 15.6. The third-order valence-electron chi connectivity index (χ3n) is 15.2. The van der Waals surface area contributed by atoms with E-state index in [9.17, 15) is 0 Å². The van der Waals surface area contributed by atoms with Gasteiger partial charge in [0.05, 0.1) is 11.4 Å². The molecule has 4 aromatic carbocycles. The highest BCUT2D eigenvalue weighted by Crippen LogP contribution is 2.40. The summed E-state index contributed by atoms with van der Waals surface area (Å²) in [6, 6.07) is 28.8. The fourth-order valence-corrected chi connectivity index (χ4v) is 11.1. The van der Waals surface area contributed by atoms with E-state index in [-0.39, 0.29) is 0 Å². The molecule has 0 bridgehead atoms. The Hall–Kier alpha value is -4.58. The van der Waals surface area contributed by atoms with Crippen LogP contribution in [0.25, 0.3) is 0 Å². The van der Waals surface area contributed by atoms with Crippen LogP contribution in [-0.4, -0.2) is 45.9 Å². The van der Waals surface area contributed by atoms with Crippen molar-refractivity contribution >= 4 is 34.7 Å². The Morgan fingerprint density at radius 3 is 0.757 bits per heavy atom. The van der Waals surface area contributed by atoms with Crippen molar-refractivity contribution in [2.45, 2.75) is 249 Å². The van der Waals surface area contributed by atoms with Gasteiger partial charge in [0.25, 0.3) is 0 Å². The Morgan fingerprint density at radius 1 is 0.357 bits per heavy atom. The van der Waals surface area contributed by atoms with E-state index in [0.29, 0.717) is 71.5 Å². The number of likely N-dealkylation sites (tertiary alicyclic amines) is 2. The summed E-state index contributed by atoms with van der Waals surface area (Å²) in [5.74, 6) is 5.41. The van der Waals surface area contributed by atoms with Gasteiger partial charge in [0.15, 0.2) is 0 Å². The third-order valence-corrected chi connectivity index (χ3v) is 15.2. The molecular formula is C64H98N6. The number of guanidine groups is 2. The lowest BCUT2D eigenvalue weighted by molar-refractivity contribution is 0.191. The van der Waals surface area contributed by atoms with Crippen LogP contribution in [0.2, 0.25) is 0 Å². The number of nitrogens with one attached hydrogen (secondary N) is 2. The molecule has 0 aliphatic carbocycles. The molecule has 2 N–H and O–H groups in total. The average molecular weight is 952 g/mol. The summed E-state index contributed by atoms with van der Waals surface area (Å²) in [5, 5.41) is 7.93. The highest BCUT2D eigenvalue weighted by Gasteiger charge is 2.32. The number of anilines is 2. The van der Waals surface area contributed by atoms with Crippen molar-refractivity contribution in [1.82, 2.24) is 9.80 Å². The van der Waals surface area contributed by atoms with Crippen molar-refractivity contribution < 1.29 is 0 Å². The van der Waals surface area contributed by atoms with Crippen LogP contribution in [0.5, 0.6) is 0 Å². The Kier molecular flexibility index (Phi) is 20.3. The summed E-state index contributed by atoms with van der Waals surface area (Å²) in [6.07, 6.45) is 7.39. The number of para-hydroxylation sites is 4. The number of hydrogen-bond acceptors (Lipinski definition) is 2. The van der Waals surface area contributed by atoms with Gasteiger partial charge in [-0.2, -0.15) is 0 Å². The minimum absolute atomic E-state index is 0.416. The van der Waals surface area contributed by atoms with E-state index >= 15 is 0 Å². The van der Waals surface area contributed by atoms with Crippen LogP contribution in [-0.2, 0) is 0 Å². The summed E-state index contributed by atoms with van der Waals surface area (Å²) in [4.78, 5) is 16.2. The van der Waals surface area contributed by atoms with Crippen molar-refractivity contribution in [2.75, 3.05) is 10.6 Å². The van der Waals surface area contributed by atoms with Gasteiger partial charge in [0.2, 0.25) is 11.9 Å². The van der Waals surface area contributed by atoms with Crippen LogP contribution >= 0.6 is 0 Å². The molecule has 4 atom stereocenters. The van der Waals surface area contributed by atoms with Crippen LogP contribution < -0.4 is 10.6 Å². The Bertz CT molecular complexity index is 2070. The van der Waals surface area contributed by atoms with Gasteiger partial charge < -0.3 is 20.4 Å². The smallest absolute Gasteiger partial charge is 0.204 e. The van der Waals surface area contributed by atoms with Crippen molar-refractivity contribution in [3.8, 4) is 0 Å². The van der Waals surface area contributed by atoms with Crippen molar-refractivity contribution in [3.05, 3.63) is 117 Å². The predicted octanol–water partition coefficient (Wildman–Crippen LogP) is 19.1. The van der Waals surface area contributed by atoms with E-state index in [1.807, 2.05) is 0 Å². The van der Waals surface area contributed by atoms with Gasteiger partial charge in [-0.3, -0.25) is 0 Å². The Morgan fingerprint density at radius 2 is 0.557 bits per heavy atom. The maximum absolute atomic E-state index is 5.55. The number of hydrogen-bond donors (Lipinski definition) is 2. The van der Waals surface area contributed by atoms with Crippen LogP contribution in [0.15, 0.2) is 82.8 Å². The summed E-state index contributed by atoms with van der Waals surface area (Å²) in [6.45, 7) is 46.0. The molecule has 0 amide bonds. The third kappa shape index (κ3) is 13.5. The number of piperidine rings is 2. The van der Waals surface area contributed by atoms with Crippen molar-refractivity contribution in [3.63, 3.8) is 0 Å². The summed E-state index contributed by atoms with van der Waals surface area (Å²) in [7, 11) is 0. The molecule has 6 rings (SSSR count). The first-order valence-electron chi connectivity index (χ1n) is 27.8. The first-order chi connectivity index (χ1) is 33.0. The topological polar surface area (TPSA) is 55.3 Å². The van der Waals surface area contributed by atoms with Gasteiger partial charge in [-0.25, -0.2) is 9.98 Å². The van der Waals surface area contributed by atoms with Gasteiger partial charge in [-0.05, 0) is 158 Å². The molecule has 0 unspecified atom stereocenters. The van der Waals surface area contributed by atoms with Crippen LogP contribution in [0.1, 0.15) is 269 Å². The van der Waals surface area contributed by atoms with E-state index in [0.717, 1.165) is 23.3 Å². The molecule has 2 heterocycles. The molecule has 2 fully saturated rings. The van der Waals surface area contributed by atoms with E-state index in [4.69, 9.17) is 9.98 Å². The molecule has 0 aromatic heterocycles. The molecule has 384 valence electrons. The second kappa shape index (κ2) is 25.2. The SMILES string of the molecule is CC(C)c1cccc(C(C)C)c1N=C(Nc1c(C(C)C)cccc1C(C)C)N1[C@H](C)CCC[C@@H]1C.CC(C)c1cccc(C(C)C)c1N=C(Nc1c(C(C)C)cccc1C(C)C)N1[C@H](C)CCC[C@@H]1C. The zero-order chi connectivity index (χ0) is 51.7. The molecule has 70 heavy (non-hydrogen) atoms. The lowest BCUT2D eigenvalue weighted by Crippen LogP contribution is -2.50. The molecule has 6 nitrogen and oxygen atoms in total. The van der Waals surface area contributed by atoms with Gasteiger partial charge in [0, 0.05) is 35.5 Å². The summed E-state index contributed by atoms with van der Waals surface area (Å²) < 4.78 is 0. The molecule has 2 saturated heterocycles. The normalized spacial score (nSPS) is 19.4. The lowest BCUT2D eigenvalue weighted by Gasteiger charge is -2.42. The van der Waals surface area contributed by atoms with Crippen LogP contribution in [0.4, 0.5) is 22.7 Å². The highest BCUT2D eigenvalue weighted by atomic mass is 15.3. The lowest BCUT2D eigenvalue weighted by atomic mass is 9.92. The molecule has 0 radical (unpaired) electrons. The minimum Gasteiger partial charge on any atom is -0.337 e. The van der Waals surface area contributed by atoms with E-state index in [1.165, 1.54) is 94.4 Å². The number of aliphatic imine (C=N–C) groups is 2. The largest absolute Gasteiger partial charge is 0.337 e. The van der Waals surface area contributed by atoms with Crippen LogP contribution in [0.3, 0.4) is 0 Å². The first kappa shape index (κ1) is 56.3. The molecular weight excluding hydrogens is 853 g/mol. The molecule has 0 spiro atoms. The maximum atomic E-state index is 5.55. The zero-order valence-electron chi connectivity index (χ0n) is 47.9. The molecule has 0 saturated carbocycles. The fourth-order valence-electron chi connectivity index (χ4n) is 11.1. The van der Waals surface area contributed by atoms with Crippen molar-refractivity contribution in [1.29, 1.82) is 0 Å². The fraction of sp³-hybridized carbons (Fsp3) is 0.594. The van der Waals surface area contributed by atoms with E-state index < -0.39 is 0 Å². The molecule has 6 heteroatoms. The van der Waals surface area contributed by atoms with Crippen molar-refractivity contribution in [2.24, 2.45) is 9.98 Å². The zero-order valence-corrected chi connectivity index (χ0v) is 47.9. The standard InChI is InChI=1S/2C32H49N3/c2*1-20(2)26-16-12-17-27(21(3)4)30(26)33-32(35-24(9)14-11-15-25(35)10)34-31-28(22(5)6)18-13-19-29(31)23(7)8/h2*12-13,16-25H,11,14-15H2,1-10H3,(H,33,34)/t2*24-,25+. The monoisotopic (exact) mass is 951 g/mol. The highest BCUT2D eigenvalue weighted by molar-refractivity contribution is 5.99. The molecule has 2 aliphatic rings. The first-order valence-corrected chi connectivity index (χ1v) is 27.8. The Labute approximate surface area is 429 Å². The van der Waals surface area contributed by atoms with Gasteiger partial charge in [0.1, 0.15) is 0 Å². The second-order valence-corrected chi connectivity index (χ2v) is 23.6. The van der Waals surface area contributed by atoms with Gasteiger partial charge in [-0.1, -0.05) is 184 Å². The second-order valence-electron chi connectivity index (χ2n) is 23.6. The van der Waals surface area contributed by atoms with E-state index in [1.54, 1.807) is 0 Å². The Balaban J connectivity index is 0.000000261. The van der Waals surface area contributed by atoms with Gasteiger partial charge >= 0.3 is 0 Å². The maximum Gasteiger partial charge on any atom is 0.204 e. The summed E-state index contributed by atoms with van der Waals surface area (Å²) >= 11 is 0. The number of benzene rings is 4. The van der Waals surface area contributed by atoms with E-state index in [2.05, 4.69) is 232 Å². The van der Waals surface area contributed by atoms with Crippen LogP contribution in [0, 0.1) is 0 Å². The molecule has 2 aliphatic heterocycles. The quantitative estimate of drug-likeness (QED) is 0.110. The number of rotatable bonds is 12. The number of nitrogens with zero attached hydrogens (tertiary/aromatic N) is 4. The van der Waals surface area contributed by atoms with Gasteiger partial charge in [-0.15, -0.1) is 0 Å². The molecule has 4 aromatic rings. The average Bonchev–Trinajstić information content (AvgIpc) is 3.28.